The molecule has 2 aliphatic rings. The van der Waals surface area contributed by atoms with Crippen LogP contribution < -0.4 is 14.4 Å². The number of fused-ring (bicyclic) bond motifs is 1. The quantitative estimate of drug-likeness (QED) is 0.607. The largest absolute Gasteiger partial charge is 0.485 e. The molecule has 0 atom stereocenters. The molecule has 0 aromatic carbocycles. The summed E-state index contributed by atoms with van der Waals surface area (Å²) < 4.78 is 49.7. The van der Waals surface area contributed by atoms with Crippen LogP contribution in [0.25, 0.3) is 6.08 Å². The maximum Gasteiger partial charge on any atom is 0.437 e. The topological polar surface area (TPSA) is 60.4 Å². The summed E-state index contributed by atoms with van der Waals surface area (Å²) in [6, 6.07) is 0. The first kappa shape index (κ1) is 15.7. The molecule has 23 heavy (non-hydrogen) atoms. The fraction of sp³-hybridized carbons (Fsp3) is 0.385. The maximum atomic E-state index is 12.9. The van der Waals surface area contributed by atoms with Crippen LogP contribution in [0.15, 0.2) is 10.7 Å². The Morgan fingerprint density at radius 2 is 1.87 bits per heavy atom. The molecule has 124 valence electrons. The molecule has 0 bridgehead atoms. The Labute approximate surface area is 132 Å². The van der Waals surface area contributed by atoms with Crippen LogP contribution in [0.2, 0.25) is 0 Å². The molecule has 0 unspecified atom stereocenters. The van der Waals surface area contributed by atoms with Crippen LogP contribution in [-0.2, 0) is 9.63 Å². The molecular weight excluding hydrogens is 337 g/mol. The first-order valence-corrected chi connectivity index (χ1v) is 7.29. The highest BCUT2D eigenvalue weighted by molar-refractivity contribution is 7.17. The van der Waals surface area contributed by atoms with Crippen LogP contribution in [0, 0.1) is 0 Å². The Morgan fingerprint density at radius 3 is 2.48 bits per heavy atom. The summed E-state index contributed by atoms with van der Waals surface area (Å²) in [6.07, 6.45) is -3.70. The van der Waals surface area contributed by atoms with Crippen molar-refractivity contribution in [1.29, 1.82) is 0 Å². The molecule has 0 amide bonds. The third-order valence-electron chi connectivity index (χ3n) is 3.05. The van der Waals surface area contributed by atoms with Crippen LogP contribution in [0.5, 0.6) is 11.5 Å². The van der Waals surface area contributed by atoms with E-state index in [0.29, 0.717) is 28.0 Å². The number of thiophene rings is 1. The van der Waals surface area contributed by atoms with Crippen molar-refractivity contribution in [3.05, 3.63) is 10.5 Å². The van der Waals surface area contributed by atoms with E-state index in [1.807, 2.05) is 0 Å². The monoisotopic (exact) mass is 348 g/mol. The Kier molecular flexibility index (Phi) is 3.71. The molecule has 2 aliphatic heterocycles. The van der Waals surface area contributed by atoms with Gasteiger partial charge in [-0.2, -0.15) is 13.2 Å². The second kappa shape index (κ2) is 5.44. The smallest absolute Gasteiger partial charge is 0.437 e. The van der Waals surface area contributed by atoms with E-state index in [9.17, 15) is 18.0 Å². The van der Waals surface area contributed by atoms with E-state index in [0.717, 1.165) is 17.4 Å². The van der Waals surface area contributed by atoms with Crippen molar-refractivity contribution >= 4 is 34.1 Å². The zero-order valence-electron chi connectivity index (χ0n) is 12.1. The average molecular weight is 348 g/mol. The van der Waals surface area contributed by atoms with E-state index >= 15 is 0 Å². The number of anilines is 1. The molecule has 0 radical (unpaired) electrons. The van der Waals surface area contributed by atoms with E-state index in [1.54, 1.807) is 19.0 Å². The summed E-state index contributed by atoms with van der Waals surface area (Å²) in [5.41, 5.74) is -2.01. The summed E-state index contributed by atoms with van der Waals surface area (Å²) in [7, 11) is 3.54. The molecule has 0 N–H and O–H groups in total. The Balaban J connectivity index is 2.09. The van der Waals surface area contributed by atoms with Crippen LogP contribution >= 0.6 is 11.3 Å². The first-order chi connectivity index (χ1) is 10.8. The number of alkyl halides is 3. The Bertz CT molecular complexity index is 722. The number of halogens is 3. The van der Waals surface area contributed by atoms with E-state index in [2.05, 4.69) is 9.99 Å². The number of hydrogen-bond donors (Lipinski definition) is 0. The van der Waals surface area contributed by atoms with Gasteiger partial charge in [-0.15, -0.1) is 11.3 Å². The summed E-state index contributed by atoms with van der Waals surface area (Å²) in [5, 5.41) is 3.50. The molecule has 6 nitrogen and oxygen atoms in total. The van der Waals surface area contributed by atoms with Crippen molar-refractivity contribution in [3.8, 4) is 11.5 Å². The molecule has 1 aromatic heterocycles. The zero-order valence-corrected chi connectivity index (χ0v) is 12.9. The van der Waals surface area contributed by atoms with E-state index in [-0.39, 0.29) is 6.61 Å². The lowest BCUT2D eigenvalue weighted by molar-refractivity contribution is -0.136. The van der Waals surface area contributed by atoms with E-state index < -0.39 is 23.4 Å². The Hall–Kier alpha value is -2.23. The number of rotatable bonds is 2. The van der Waals surface area contributed by atoms with Crippen LogP contribution in [0.1, 0.15) is 4.88 Å². The molecule has 3 heterocycles. The number of carbonyl (C=O) groups is 1. The second-order valence-electron chi connectivity index (χ2n) is 4.90. The minimum Gasteiger partial charge on any atom is -0.485 e. The molecule has 0 saturated heterocycles. The predicted octanol–water partition coefficient (Wildman–Crippen LogP) is 2.44. The molecule has 3 rings (SSSR count). The molecule has 10 heteroatoms. The number of nitrogens with zero attached hydrogens (tertiary/aromatic N) is 2. The standard InChI is InChI=1S/C13H11F3N2O4S/c1-18(2)11-9-8(20-3-4-21-9)7(23-11)5-6-10(13(14,15)16)17-22-12(6)19/h5H,3-4H2,1-2H3. The number of oxime groups is 1. The third-order valence-corrected chi connectivity index (χ3v) is 4.32. The highest BCUT2D eigenvalue weighted by atomic mass is 32.1. The molecule has 0 saturated carbocycles. The van der Waals surface area contributed by atoms with Gasteiger partial charge in [-0.1, -0.05) is 5.16 Å². The van der Waals surface area contributed by atoms with Gasteiger partial charge in [0.1, 0.15) is 18.2 Å². The summed E-state index contributed by atoms with van der Waals surface area (Å²) in [4.78, 5) is 17.8. The van der Waals surface area contributed by atoms with Gasteiger partial charge < -0.3 is 19.2 Å². The maximum absolute atomic E-state index is 12.9. The highest BCUT2D eigenvalue weighted by Crippen LogP contribution is 2.50. The molecule has 0 spiro atoms. The molecule has 0 fully saturated rings. The van der Waals surface area contributed by atoms with Gasteiger partial charge in [0.25, 0.3) is 0 Å². The van der Waals surface area contributed by atoms with E-state index in [4.69, 9.17) is 9.47 Å². The third kappa shape index (κ3) is 2.74. The van der Waals surface area contributed by atoms with Crippen molar-refractivity contribution in [2.45, 2.75) is 6.18 Å². The van der Waals surface area contributed by atoms with Gasteiger partial charge in [0.05, 0.1) is 10.5 Å². The first-order valence-electron chi connectivity index (χ1n) is 6.47. The van der Waals surface area contributed by atoms with Gasteiger partial charge in [0.2, 0.25) is 0 Å². The molecular formula is C13H11F3N2O4S. The van der Waals surface area contributed by atoms with Crippen molar-refractivity contribution < 1.29 is 32.3 Å². The lowest BCUT2D eigenvalue weighted by atomic mass is 10.1. The van der Waals surface area contributed by atoms with Gasteiger partial charge >= 0.3 is 12.1 Å². The Morgan fingerprint density at radius 1 is 1.22 bits per heavy atom. The summed E-state index contributed by atoms with van der Waals surface area (Å²) in [5.74, 6) is -0.378. The normalized spacial score (nSPS) is 18.9. The van der Waals surface area contributed by atoms with Crippen molar-refractivity contribution in [1.82, 2.24) is 0 Å². The van der Waals surface area contributed by atoms with Gasteiger partial charge in [-0.05, 0) is 6.08 Å². The van der Waals surface area contributed by atoms with Gasteiger partial charge in [0, 0.05) is 14.1 Å². The van der Waals surface area contributed by atoms with Gasteiger partial charge in [-0.3, -0.25) is 0 Å². The number of hydrogen-bond acceptors (Lipinski definition) is 7. The number of carbonyl (C=O) groups excluding carboxylic acids is 1. The van der Waals surface area contributed by atoms with E-state index in [1.165, 1.54) is 0 Å². The lowest BCUT2D eigenvalue weighted by Gasteiger charge is -2.18. The molecule has 1 aromatic rings. The highest BCUT2D eigenvalue weighted by Gasteiger charge is 2.45. The molecule has 0 aliphatic carbocycles. The fourth-order valence-corrected chi connectivity index (χ4v) is 3.15. The summed E-state index contributed by atoms with van der Waals surface area (Å²) in [6.45, 7) is 0.620. The number of ether oxygens (including phenoxy) is 2. The van der Waals surface area contributed by atoms with Crippen LogP contribution in [0.4, 0.5) is 18.2 Å². The van der Waals surface area contributed by atoms with Gasteiger partial charge in [-0.25, -0.2) is 4.79 Å². The van der Waals surface area contributed by atoms with Crippen molar-refractivity contribution in [2.24, 2.45) is 5.16 Å². The SMILES string of the molecule is CN(C)c1sc(C=C2C(=O)ON=C2C(F)(F)F)c2c1OCCO2. The second-order valence-corrected chi connectivity index (χ2v) is 5.93. The van der Waals surface area contributed by atoms with Crippen LogP contribution in [-0.4, -0.2) is 45.2 Å². The minimum atomic E-state index is -4.78. The fourth-order valence-electron chi connectivity index (χ4n) is 2.09. The van der Waals surface area contributed by atoms with Crippen molar-refractivity contribution in [2.75, 3.05) is 32.2 Å². The summed E-state index contributed by atoms with van der Waals surface area (Å²) >= 11 is 1.15. The lowest BCUT2D eigenvalue weighted by Crippen LogP contribution is -2.24. The predicted molar refractivity (Wildman–Crippen MR) is 77.2 cm³/mol. The average Bonchev–Trinajstić information content (AvgIpc) is 3.01. The van der Waals surface area contributed by atoms with Crippen LogP contribution in [0.3, 0.4) is 0 Å². The van der Waals surface area contributed by atoms with Gasteiger partial charge in [0.15, 0.2) is 17.2 Å². The zero-order chi connectivity index (χ0) is 16.8. The van der Waals surface area contributed by atoms with Crippen molar-refractivity contribution in [3.63, 3.8) is 0 Å². The minimum absolute atomic E-state index is 0.275.